The van der Waals surface area contributed by atoms with Gasteiger partial charge >= 0.3 is 6.03 Å². The molecule has 1 aromatic heterocycles. The third-order valence-electron chi connectivity index (χ3n) is 4.82. The van der Waals surface area contributed by atoms with Crippen LogP contribution in [0.15, 0.2) is 12.4 Å². The fourth-order valence-corrected chi connectivity index (χ4v) is 3.52. The lowest BCUT2D eigenvalue weighted by molar-refractivity contribution is -0.0136. The summed E-state index contributed by atoms with van der Waals surface area (Å²) in [6.45, 7) is 8.40. The largest absolute Gasteiger partial charge is 0.371 e. The Bertz CT molecular complexity index is 555. The fraction of sp³-hybridized carbons (Fsp3) is 0.765. The number of aromatic nitrogens is 2. The topological polar surface area (TPSA) is 59.4 Å². The van der Waals surface area contributed by atoms with Crippen molar-refractivity contribution >= 4 is 6.03 Å². The Balaban J connectivity index is 1.49. The molecule has 6 nitrogen and oxygen atoms in total. The molecule has 2 aliphatic rings. The van der Waals surface area contributed by atoms with Crippen molar-refractivity contribution in [3.8, 4) is 0 Å². The lowest BCUT2D eigenvalue weighted by Crippen LogP contribution is -2.47. The van der Waals surface area contributed by atoms with Crippen molar-refractivity contribution in [3.05, 3.63) is 18.0 Å². The lowest BCUT2D eigenvalue weighted by atomic mass is 10.1. The summed E-state index contributed by atoms with van der Waals surface area (Å²) in [4.78, 5) is 14.3. The summed E-state index contributed by atoms with van der Waals surface area (Å²) in [7, 11) is 0. The van der Waals surface area contributed by atoms with Gasteiger partial charge in [0.05, 0.1) is 23.9 Å². The van der Waals surface area contributed by atoms with Crippen molar-refractivity contribution in [1.82, 2.24) is 20.0 Å². The van der Waals surface area contributed by atoms with Gasteiger partial charge in [-0.1, -0.05) is 0 Å². The van der Waals surface area contributed by atoms with Crippen molar-refractivity contribution in [2.45, 2.75) is 64.2 Å². The van der Waals surface area contributed by atoms with E-state index in [0.717, 1.165) is 44.3 Å². The zero-order chi connectivity index (χ0) is 16.4. The van der Waals surface area contributed by atoms with Crippen LogP contribution in [0.25, 0.3) is 0 Å². The Kier molecular flexibility index (Phi) is 4.62. The highest BCUT2D eigenvalue weighted by atomic mass is 16.5. The smallest absolute Gasteiger partial charge is 0.317 e. The molecule has 23 heavy (non-hydrogen) atoms. The summed E-state index contributed by atoms with van der Waals surface area (Å²) in [6.07, 6.45) is 8.23. The molecule has 3 rings (SSSR count). The number of nitrogens with zero attached hydrogens (tertiary/aromatic N) is 3. The maximum atomic E-state index is 12.4. The molecule has 2 fully saturated rings. The molecule has 6 heteroatoms. The van der Waals surface area contributed by atoms with E-state index in [-0.39, 0.29) is 23.8 Å². The predicted octanol–water partition coefficient (Wildman–Crippen LogP) is 2.50. The number of rotatable bonds is 3. The molecule has 0 saturated carbocycles. The second-order valence-corrected chi connectivity index (χ2v) is 7.46. The van der Waals surface area contributed by atoms with E-state index < -0.39 is 0 Å². The average Bonchev–Trinajstić information content (AvgIpc) is 3.10. The van der Waals surface area contributed by atoms with Crippen LogP contribution in [-0.4, -0.2) is 52.1 Å². The van der Waals surface area contributed by atoms with E-state index >= 15 is 0 Å². The number of ether oxygens (including phenoxy) is 1. The fourth-order valence-electron chi connectivity index (χ4n) is 3.52. The summed E-state index contributed by atoms with van der Waals surface area (Å²) < 4.78 is 7.93. The highest BCUT2D eigenvalue weighted by Crippen LogP contribution is 2.29. The second-order valence-electron chi connectivity index (χ2n) is 7.46. The van der Waals surface area contributed by atoms with E-state index in [4.69, 9.17) is 4.74 Å². The van der Waals surface area contributed by atoms with Gasteiger partial charge in [-0.3, -0.25) is 4.68 Å². The van der Waals surface area contributed by atoms with Crippen molar-refractivity contribution in [2.24, 2.45) is 0 Å². The number of amides is 2. The highest BCUT2D eigenvalue weighted by molar-refractivity contribution is 5.74. The summed E-state index contributed by atoms with van der Waals surface area (Å²) in [5, 5.41) is 7.44. The molecule has 0 aromatic carbocycles. The minimum Gasteiger partial charge on any atom is -0.371 e. The average molecular weight is 320 g/mol. The van der Waals surface area contributed by atoms with Crippen LogP contribution >= 0.6 is 0 Å². The molecule has 0 spiro atoms. The van der Waals surface area contributed by atoms with Crippen LogP contribution in [0.3, 0.4) is 0 Å². The molecule has 128 valence electrons. The molecule has 2 aliphatic heterocycles. The van der Waals surface area contributed by atoms with Crippen LogP contribution in [0.4, 0.5) is 4.79 Å². The highest BCUT2D eigenvalue weighted by Gasteiger charge is 2.32. The molecular weight excluding hydrogens is 292 g/mol. The maximum Gasteiger partial charge on any atom is 0.317 e. The molecule has 0 aliphatic carbocycles. The number of piperidine rings is 1. The van der Waals surface area contributed by atoms with Crippen LogP contribution in [0.1, 0.15) is 51.1 Å². The van der Waals surface area contributed by atoms with Gasteiger partial charge in [0.2, 0.25) is 0 Å². The zero-order valence-electron chi connectivity index (χ0n) is 14.4. The van der Waals surface area contributed by atoms with Crippen molar-refractivity contribution in [3.63, 3.8) is 0 Å². The van der Waals surface area contributed by atoms with Crippen LogP contribution in [-0.2, 0) is 4.74 Å². The van der Waals surface area contributed by atoms with Crippen LogP contribution < -0.4 is 5.32 Å². The van der Waals surface area contributed by atoms with E-state index in [1.807, 2.05) is 22.7 Å². The lowest BCUT2D eigenvalue weighted by Gasteiger charge is -2.33. The minimum atomic E-state index is -0.0520. The molecule has 0 radical (unpaired) electrons. The summed E-state index contributed by atoms with van der Waals surface area (Å²) in [6, 6.07) is 0.303. The van der Waals surface area contributed by atoms with Gasteiger partial charge in [0.15, 0.2) is 0 Å². The maximum absolute atomic E-state index is 12.4. The Morgan fingerprint density at radius 3 is 2.96 bits per heavy atom. The van der Waals surface area contributed by atoms with Crippen LogP contribution in [0, 0.1) is 6.92 Å². The number of likely N-dealkylation sites (tertiary alicyclic amines) is 1. The van der Waals surface area contributed by atoms with Gasteiger partial charge in [-0.25, -0.2) is 4.79 Å². The summed E-state index contributed by atoms with van der Waals surface area (Å²) in [5.74, 6) is 0. The van der Waals surface area contributed by atoms with Gasteiger partial charge in [-0.05, 0) is 52.0 Å². The van der Waals surface area contributed by atoms with Gasteiger partial charge in [0.25, 0.3) is 0 Å². The SMILES string of the molecule is Cc1cnn(C2CCCN(C(=O)NCC3CCC(C)(C)O3)C2)c1. The van der Waals surface area contributed by atoms with Crippen molar-refractivity contribution < 1.29 is 9.53 Å². The first kappa shape index (κ1) is 16.3. The number of carbonyl (C=O) groups excluding carboxylic acids is 1. The first-order valence-electron chi connectivity index (χ1n) is 8.64. The first-order chi connectivity index (χ1) is 10.9. The van der Waals surface area contributed by atoms with Crippen molar-refractivity contribution in [1.29, 1.82) is 0 Å². The van der Waals surface area contributed by atoms with E-state index in [9.17, 15) is 4.79 Å². The third-order valence-corrected chi connectivity index (χ3v) is 4.82. The standard InChI is InChI=1S/C17H28N4O2/c1-13-9-19-21(11-13)14-5-4-8-20(12-14)16(22)18-10-15-6-7-17(2,3)23-15/h9,11,14-15H,4-8,10,12H2,1-3H3,(H,18,22). The number of carbonyl (C=O) groups is 1. The van der Waals surface area contributed by atoms with Crippen LogP contribution in [0.5, 0.6) is 0 Å². The summed E-state index contributed by atoms with van der Waals surface area (Å²) >= 11 is 0. The molecule has 2 amide bonds. The molecule has 1 aromatic rings. The van der Waals surface area contributed by atoms with Gasteiger partial charge in [0, 0.05) is 25.8 Å². The minimum absolute atomic E-state index is 0.0203. The number of hydrogen-bond acceptors (Lipinski definition) is 3. The Labute approximate surface area is 138 Å². The molecule has 0 bridgehead atoms. The molecule has 2 saturated heterocycles. The predicted molar refractivity (Wildman–Crippen MR) is 88.4 cm³/mol. The van der Waals surface area contributed by atoms with E-state index in [1.165, 1.54) is 0 Å². The van der Waals surface area contributed by atoms with Crippen molar-refractivity contribution in [2.75, 3.05) is 19.6 Å². The number of hydrogen-bond donors (Lipinski definition) is 1. The Hall–Kier alpha value is -1.56. The number of nitrogens with one attached hydrogen (secondary N) is 1. The van der Waals surface area contributed by atoms with Gasteiger partial charge in [0.1, 0.15) is 0 Å². The molecule has 2 atom stereocenters. The zero-order valence-corrected chi connectivity index (χ0v) is 14.4. The van der Waals surface area contributed by atoms with E-state index in [2.05, 4.69) is 30.5 Å². The quantitative estimate of drug-likeness (QED) is 0.931. The molecular formula is C17H28N4O2. The number of aryl methyl sites for hydroxylation is 1. The Morgan fingerprint density at radius 1 is 1.48 bits per heavy atom. The summed E-state index contributed by atoms with van der Waals surface area (Å²) in [5.41, 5.74) is 1.11. The molecule has 3 heterocycles. The van der Waals surface area contributed by atoms with Gasteiger partial charge in [-0.15, -0.1) is 0 Å². The number of urea groups is 1. The molecule has 2 unspecified atom stereocenters. The first-order valence-corrected chi connectivity index (χ1v) is 8.64. The van der Waals surface area contributed by atoms with Gasteiger partial charge < -0.3 is 15.0 Å². The monoisotopic (exact) mass is 320 g/mol. The molecule has 1 N–H and O–H groups in total. The Morgan fingerprint density at radius 2 is 2.30 bits per heavy atom. The van der Waals surface area contributed by atoms with Gasteiger partial charge in [-0.2, -0.15) is 5.10 Å². The normalized spacial score (nSPS) is 27.2. The van der Waals surface area contributed by atoms with E-state index in [1.54, 1.807) is 0 Å². The third kappa shape index (κ3) is 4.05. The van der Waals surface area contributed by atoms with E-state index in [0.29, 0.717) is 6.54 Å². The van der Waals surface area contributed by atoms with Crippen LogP contribution in [0.2, 0.25) is 0 Å². The second kappa shape index (κ2) is 6.51.